The number of nitrogens with zero attached hydrogens (tertiary/aromatic N) is 4. The van der Waals surface area contributed by atoms with Gasteiger partial charge < -0.3 is 14.2 Å². The Morgan fingerprint density at radius 2 is 1.95 bits per heavy atom. The zero-order chi connectivity index (χ0) is 28.4. The van der Waals surface area contributed by atoms with Gasteiger partial charge in [-0.25, -0.2) is 19.6 Å². The first-order chi connectivity index (χ1) is 17.7. The number of fused-ring (bicyclic) bond motifs is 1. The van der Waals surface area contributed by atoms with Crippen LogP contribution in [0.25, 0.3) is 11.0 Å². The smallest absolute Gasteiger partial charge is 0.411 e. The van der Waals surface area contributed by atoms with Gasteiger partial charge in [0.2, 0.25) is 5.88 Å². The highest BCUT2D eigenvalue weighted by atomic mass is 19.3. The predicted octanol–water partition coefficient (Wildman–Crippen LogP) is 4.98. The third kappa shape index (κ3) is 6.36. The Labute approximate surface area is 220 Å². The molecule has 1 aliphatic heterocycles. The van der Waals surface area contributed by atoms with E-state index in [-0.39, 0.29) is 35.7 Å². The van der Waals surface area contributed by atoms with Crippen molar-refractivity contribution in [2.24, 2.45) is 11.8 Å². The third-order valence-corrected chi connectivity index (χ3v) is 5.82. The first-order valence-electron chi connectivity index (χ1n) is 12.2. The molecular formula is C27H32F2N4O5. The molecule has 0 radical (unpaired) electrons. The summed E-state index contributed by atoms with van der Waals surface area (Å²) in [6.45, 7) is 13.7. The van der Waals surface area contributed by atoms with Crippen molar-refractivity contribution in [1.82, 2.24) is 14.9 Å². The molecule has 11 heteroatoms. The predicted molar refractivity (Wildman–Crippen MR) is 134 cm³/mol. The van der Waals surface area contributed by atoms with Crippen molar-refractivity contribution in [2.75, 3.05) is 13.2 Å². The zero-order valence-corrected chi connectivity index (χ0v) is 22.3. The van der Waals surface area contributed by atoms with Crippen LogP contribution in [0, 0.1) is 23.2 Å². The van der Waals surface area contributed by atoms with E-state index in [1.807, 2.05) is 19.9 Å². The average molecular weight is 531 g/mol. The number of ether oxygens (including phenoxy) is 3. The summed E-state index contributed by atoms with van der Waals surface area (Å²) in [5.74, 6) is -5.34. The van der Waals surface area contributed by atoms with Crippen molar-refractivity contribution in [2.45, 2.75) is 65.2 Å². The quantitative estimate of drug-likeness (QED) is 0.364. The Morgan fingerprint density at radius 3 is 2.53 bits per heavy atom. The first kappa shape index (κ1) is 28.8. The number of hydrogen-bond donors (Lipinski definition) is 0. The maximum atomic E-state index is 14.9. The minimum atomic E-state index is -3.59. The van der Waals surface area contributed by atoms with Gasteiger partial charge in [0.05, 0.1) is 35.8 Å². The molecule has 1 fully saturated rings. The highest BCUT2D eigenvalue weighted by Gasteiger charge is 2.50. The van der Waals surface area contributed by atoms with Crippen molar-refractivity contribution >= 4 is 23.1 Å². The fourth-order valence-corrected chi connectivity index (χ4v) is 3.94. The average Bonchev–Trinajstić information content (AvgIpc) is 3.16. The number of likely N-dealkylation sites (tertiary alicyclic amines) is 1. The molecule has 9 nitrogen and oxygen atoms in total. The molecule has 38 heavy (non-hydrogen) atoms. The fourth-order valence-electron chi connectivity index (χ4n) is 3.94. The second-order valence-corrected chi connectivity index (χ2v) is 10.6. The summed E-state index contributed by atoms with van der Waals surface area (Å²) in [6.07, 6.45) is -1.26. The number of carbonyl (C=O) groups excluding carboxylic acids is 2. The topological polar surface area (TPSA) is 115 Å². The molecule has 0 spiro atoms. The van der Waals surface area contributed by atoms with E-state index in [4.69, 9.17) is 14.2 Å². The number of allylic oxidation sites excluding steroid dienone is 1. The maximum absolute atomic E-state index is 14.9. The summed E-state index contributed by atoms with van der Waals surface area (Å²) in [5, 5.41) is 9.22. The van der Waals surface area contributed by atoms with E-state index in [1.165, 1.54) is 23.1 Å². The lowest BCUT2D eigenvalue weighted by Gasteiger charge is -2.28. The summed E-state index contributed by atoms with van der Waals surface area (Å²) >= 11 is 0. The molecule has 0 N–H and O–H groups in total. The van der Waals surface area contributed by atoms with E-state index in [0.29, 0.717) is 6.08 Å². The van der Waals surface area contributed by atoms with Gasteiger partial charge in [0.1, 0.15) is 17.7 Å². The van der Waals surface area contributed by atoms with Crippen LogP contribution in [0.1, 0.15) is 52.8 Å². The number of amides is 1. The number of aromatic nitrogens is 2. The number of esters is 1. The summed E-state index contributed by atoms with van der Waals surface area (Å²) < 4.78 is 46.6. The summed E-state index contributed by atoms with van der Waals surface area (Å²) in [7, 11) is 0. The zero-order valence-electron chi connectivity index (χ0n) is 22.3. The lowest BCUT2D eigenvalue weighted by atomic mass is 10.0. The van der Waals surface area contributed by atoms with Crippen molar-refractivity contribution < 1.29 is 32.6 Å². The molecule has 1 aliphatic rings. The maximum Gasteiger partial charge on any atom is 0.411 e. The van der Waals surface area contributed by atoms with Crippen molar-refractivity contribution in [3.05, 3.63) is 42.1 Å². The molecule has 3 atom stereocenters. The van der Waals surface area contributed by atoms with Gasteiger partial charge in [0.25, 0.3) is 0 Å². The van der Waals surface area contributed by atoms with Crippen molar-refractivity contribution in [3.63, 3.8) is 0 Å². The van der Waals surface area contributed by atoms with E-state index < -0.39 is 53.2 Å². The molecule has 3 unspecified atom stereocenters. The second-order valence-electron chi connectivity index (χ2n) is 10.6. The van der Waals surface area contributed by atoms with Crippen LogP contribution in [0.5, 0.6) is 5.88 Å². The Balaban J connectivity index is 2.03. The number of rotatable bonds is 7. The molecule has 1 aromatic heterocycles. The number of nitriles is 1. The van der Waals surface area contributed by atoms with Crippen LogP contribution in [0.3, 0.4) is 0 Å². The first-order valence-corrected chi connectivity index (χ1v) is 12.2. The Hall–Kier alpha value is -3.81. The van der Waals surface area contributed by atoms with Crippen molar-refractivity contribution in [3.8, 4) is 11.9 Å². The summed E-state index contributed by atoms with van der Waals surface area (Å²) in [4.78, 5) is 35.5. The minimum absolute atomic E-state index is 0.0625. The second kappa shape index (κ2) is 10.9. The van der Waals surface area contributed by atoms with Crippen molar-refractivity contribution in [1.29, 1.82) is 5.26 Å². The Morgan fingerprint density at radius 1 is 1.26 bits per heavy atom. The molecule has 2 aromatic rings. The molecule has 1 aromatic carbocycles. The highest BCUT2D eigenvalue weighted by Crippen LogP contribution is 2.37. The lowest BCUT2D eigenvalue weighted by molar-refractivity contribution is -0.151. The number of carbonyl (C=O) groups is 2. The number of hydrogen-bond acceptors (Lipinski definition) is 8. The van der Waals surface area contributed by atoms with Crippen LogP contribution in [0.4, 0.5) is 13.6 Å². The standard InChI is InChI=1S/C27H32F2N4O5/c1-8-27(28,29)22-23(32-19-11-17(12-30)9-10-18(19)31-22)37-20-13-33(25(35)38-26(5,6)7)21(16(20)4)24(34)36-14-15(2)3/h8-11,15-16,20-21H,1,13-14H2,2-7H3. The van der Waals surface area contributed by atoms with Gasteiger partial charge in [0.15, 0.2) is 5.69 Å². The summed E-state index contributed by atoms with van der Waals surface area (Å²) in [5.41, 5.74) is -1.04. The molecule has 1 amide bonds. The number of alkyl halides is 2. The fraction of sp³-hybridized carbons (Fsp3) is 0.519. The molecule has 0 bridgehead atoms. The number of benzene rings is 1. The van der Waals surface area contributed by atoms with Crippen LogP contribution >= 0.6 is 0 Å². The van der Waals surface area contributed by atoms with Crippen LogP contribution < -0.4 is 4.74 Å². The molecule has 0 aliphatic carbocycles. The van der Waals surface area contributed by atoms with E-state index in [1.54, 1.807) is 27.7 Å². The highest BCUT2D eigenvalue weighted by molar-refractivity contribution is 5.83. The largest absolute Gasteiger partial charge is 0.471 e. The van der Waals surface area contributed by atoms with Gasteiger partial charge in [-0.2, -0.15) is 14.0 Å². The van der Waals surface area contributed by atoms with Crippen LogP contribution in [-0.4, -0.2) is 57.8 Å². The summed E-state index contributed by atoms with van der Waals surface area (Å²) in [6, 6.07) is 5.15. The SMILES string of the molecule is C=CC(F)(F)c1nc2ccc(C#N)cc2nc1OC1CN(C(=O)OC(C)(C)C)C(C(=O)OCC(C)C)C1C. The minimum Gasteiger partial charge on any atom is -0.471 e. The molecule has 1 saturated heterocycles. The number of halogens is 2. The molecule has 0 saturated carbocycles. The molecule has 3 rings (SSSR count). The van der Waals surface area contributed by atoms with Gasteiger partial charge in [-0.1, -0.05) is 27.4 Å². The van der Waals surface area contributed by atoms with Crippen LogP contribution in [-0.2, 0) is 20.2 Å². The van der Waals surface area contributed by atoms with Gasteiger partial charge in [-0.3, -0.25) is 4.90 Å². The van der Waals surface area contributed by atoms with E-state index in [9.17, 15) is 23.6 Å². The van der Waals surface area contributed by atoms with Crippen LogP contribution in [0.2, 0.25) is 0 Å². The Kier molecular flexibility index (Phi) is 8.24. The normalized spacial score (nSPS) is 19.8. The van der Waals surface area contributed by atoms with Gasteiger partial charge in [-0.15, -0.1) is 0 Å². The van der Waals surface area contributed by atoms with Gasteiger partial charge >= 0.3 is 18.0 Å². The molecular weight excluding hydrogens is 498 g/mol. The third-order valence-electron chi connectivity index (χ3n) is 5.82. The monoisotopic (exact) mass is 530 g/mol. The Bertz CT molecular complexity index is 1270. The molecule has 2 heterocycles. The van der Waals surface area contributed by atoms with E-state index in [2.05, 4.69) is 16.5 Å². The lowest BCUT2D eigenvalue weighted by Crippen LogP contribution is -2.46. The van der Waals surface area contributed by atoms with Gasteiger partial charge in [-0.05, 0) is 51.0 Å². The van der Waals surface area contributed by atoms with Crippen LogP contribution in [0.15, 0.2) is 30.9 Å². The van der Waals surface area contributed by atoms with E-state index in [0.717, 1.165) is 0 Å². The van der Waals surface area contributed by atoms with Gasteiger partial charge in [0, 0.05) is 5.92 Å². The van der Waals surface area contributed by atoms with E-state index >= 15 is 0 Å². The molecule has 204 valence electrons.